The van der Waals surface area contributed by atoms with E-state index in [1.807, 2.05) is 6.92 Å². The molecule has 6 heteroatoms. The van der Waals surface area contributed by atoms with Gasteiger partial charge in [-0.2, -0.15) is 0 Å². The zero-order chi connectivity index (χ0) is 13.7. The molecular formula is C12H22N2O4. The maximum atomic E-state index is 11.9. The Morgan fingerprint density at radius 2 is 2.17 bits per heavy atom. The lowest BCUT2D eigenvalue weighted by Gasteiger charge is -2.32. The number of nitrogens with zero attached hydrogens (tertiary/aromatic N) is 1. The number of nitrogens with one attached hydrogen (secondary N) is 1. The number of carbonyl (C=O) groups is 2. The highest BCUT2D eigenvalue weighted by molar-refractivity contribution is 5.82. The van der Waals surface area contributed by atoms with Crippen molar-refractivity contribution in [1.82, 2.24) is 10.2 Å². The fraction of sp³-hybridized carbons (Fsp3) is 0.833. The molecule has 1 aliphatic rings. The van der Waals surface area contributed by atoms with Crippen LogP contribution in [0.1, 0.15) is 33.1 Å². The van der Waals surface area contributed by atoms with Crippen LogP contribution in [0.3, 0.4) is 0 Å². The molecule has 3 N–H and O–H groups in total. The van der Waals surface area contributed by atoms with E-state index in [2.05, 4.69) is 5.32 Å². The molecule has 2 amide bonds. The molecule has 1 heterocycles. The smallest absolute Gasteiger partial charge is 0.326 e. The molecule has 1 fully saturated rings. The van der Waals surface area contributed by atoms with Crippen molar-refractivity contribution in [3.8, 4) is 0 Å². The largest absolute Gasteiger partial charge is 0.480 e. The standard InChI is InChI=1S/C12H22N2O4/c1-3-8(2)10(11(16)17)13-12(18)14-6-4-5-9(15)7-14/h8-10,15H,3-7H2,1-2H3,(H,13,18)(H,16,17). The first-order valence-electron chi connectivity index (χ1n) is 6.42. The minimum Gasteiger partial charge on any atom is -0.480 e. The fourth-order valence-corrected chi connectivity index (χ4v) is 2.05. The van der Waals surface area contributed by atoms with Crippen LogP contribution in [0.4, 0.5) is 4.79 Å². The van der Waals surface area contributed by atoms with Crippen LogP contribution in [0.2, 0.25) is 0 Å². The van der Waals surface area contributed by atoms with Crippen molar-refractivity contribution < 1.29 is 19.8 Å². The zero-order valence-electron chi connectivity index (χ0n) is 10.9. The molecule has 3 atom stereocenters. The number of likely N-dealkylation sites (tertiary alicyclic amines) is 1. The summed E-state index contributed by atoms with van der Waals surface area (Å²) in [5.41, 5.74) is 0. The number of amides is 2. The summed E-state index contributed by atoms with van der Waals surface area (Å²) in [6, 6.07) is -1.27. The Bertz CT molecular complexity index is 308. The lowest BCUT2D eigenvalue weighted by Crippen LogP contribution is -2.53. The highest BCUT2D eigenvalue weighted by Gasteiger charge is 2.29. The lowest BCUT2D eigenvalue weighted by molar-refractivity contribution is -0.140. The number of urea groups is 1. The van der Waals surface area contributed by atoms with Gasteiger partial charge in [0.1, 0.15) is 6.04 Å². The van der Waals surface area contributed by atoms with Gasteiger partial charge in [0, 0.05) is 13.1 Å². The van der Waals surface area contributed by atoms with Crippen LogP contribution >= 0.6 is 0 Å². The van der Waals surface area contributed by atoms with Crippen molar-refractivity contribution in [2.45, 2.75) is 45.3 Å². The Labute approximate surface area is 107 Å². The number of piperidine rings is 1. The second-order valence-corrected chi connectivity index (χ2v) is 4.89. The summed E-state index contributed by atoms with van der Waals surface area (Å²) in [6.45, 7) is 4.52. The zero-order valence-corrected chi connectivity index (χ0v) is 10.9. The molecule has 1 aliphatic heterocycles. The van der Waals surface area contributed by atoms with Gasteiger partial charge in [0.2, 0.25) is 0 Å². The number of rotatable bonds is 4. The summed E-state index contributed by atoms with van der Waals surface area (Å²) in [5.74, 6) is -1.14. The van der Waals surface area contributed by atoms with E-state index in [1.54, 1.807) is 6.92 Å². The predicted molar refractivity (Wildman–Crippen MR) is 66.2 cm³/mol. The maximum Gasteiger partial charge on any atom is 0.326 e. The van der Waals surface area contributed by atoms with Crippen LogP contribution in [-0.4, -0.2) is 52.3 Å². The molecule has 0 aromatic heterocycles. The highest BCUT2D eigenvalue weighted by Crippen LogP contribution is 2.12. The van der Waals surface area contributed by atoms with E-state index in [0.717, 1.165) is 6.42 Å². The van der Waals surface area contributed by atoms with Crippen molar-refractivity contribution >= 4 is 12.0 Å². The van der Waals surface area contributed by atoms with Gasteiger partial charge >= 0.3 is 12.0 Å². The minimum atomic E-state index is -1.02. The van der Waals surface area contributed by atoms with Crippen LogP contribution < -0.4 is 5.32 Å². The lowest BCUT2D eigenvalue weighted by atomic mass is 9.99. The van der Waals surface area contributed by atoms with Crippen LogP contribution in [0.15, 0.2) is 0 Å². The monoisotopic (exact) mass is 258 g/mol. The molecule has 3 unspecified atom stereocenters. The molecule has 0 saturated carbocycles. The number of β-amino-alcohol motifs (C(OH)–C–C–N with tert-alkyl or cyclic N) is 1. The Kier molecular flexibility index (Phi) is 5.40. The first-order valence-corrected chi connectivity index (χ1v) is 6.42. The van der Waals surface area contributed by atoms with Crippen molar-refractivity contribution in [3.05, 3.63) is 0 Å². The van der Waals surface area contributed by atoms with E-state index in [0.29, 0.717) is 19.4 Å². The molecule has 18 heavy (non-hydrogen) atoms. The second-order valence-electron chi connectivity index (χ2n) is 4.89. The number of hydrogen-bond acceptors (Lipinski definition) is 3. The Balaban J connectivity index is 2.58. The van der Waals surface area contributed by atoms with Gasteiger partial charge in [0.25, 0.3) is 0 Å². The third-order valence-electron chi connectivity index (χ3n) is 3.44. The molecule has 1 saturated heterocycles. The van der Waals surface area contributed by atoms with Gasteiger partial charge in [0.15, 0.2) is 0 Å². The maximum absolute atomic E-state index is 11.9. The third-order valence-corrected chi connectivity index (χ3v) is 3.44. The van der Waals surface area contributed by atoms with E-state index in [9.17, 15) is 14.7 Å². The van der Waals surface area contributed by atoms with Crippen molar-refractivity contribution in [2.75, 3.05) is 13.1 Å². The predicted octanol–water partition coefficient (Wildman–Crippen LogP) is 0.652. The molecule has 0 spiro atoms. The molecule has 0 aromatic carbocycles. The van der Waals surface area contributed by atoms with Gasteiger partial charge < -0.3 is 20.4 Å². The molecule has 104 valence electrons. The van der Waals surface area contributed by atoms with E-state index in [4.69, 9.17) is 5.11 Å². The summed E-state index contributed by atoms with van der Waals surface area (Å²) in [6.07, 6.45) is 1.61. The van der Waals surface area contributed by atoms with E-state index >= 15 is 0 Å². The highest BCUT2D eigenvalue weighted by atomic mass is 16.4. The van der Waals surface area contributed by atoms with Gasteiger partial charge in [-0.3, -0.25) is 0 Å². The van der Waals surface area contributed by atoms with Crippen LogP contribution in [0.5, 0.6) is 0 Å². The molecule has 0 aromatic rings. The molecule has 6 nitrogen and oxygen atoms in total. The Morgan fingerprint density at radius 1 is 1.50 bits per heavy atom. The van der Waals surface area contributed by atoms with Crippen molar-refractivity contribution in [1.29, 1.82) is 0 Å². The van der Waals surface area contributed by atoms with Gasteiger partial charge in [-0.05, 0) is 18.8 Å². The summed E-state index contributed by atoms with van der Waals surface area (Å²) in [5, 5.41) is 21.1. The topological polar surface area (TPSA) is 89.9 Å². The first kappa shape index (κ1) is 14.8. The minimum absolute atomic E-state index is 0.124. The normalized spacial score (nSPS) is 23.3. The van der Waals surface area contributed by atoms with Crippen LogP contribution in [0.25, 0.3) is 0 Å². The van der Waals surface area contributed by atoms with Gasteiger partial charge in [-0.15, -0.1) is 0 Å². The summed E-state index contributed by atoms with van der Waals surface area (Å²) < 4.78 is 0. The SMILES string of the molecule is CCC(C)C(NC(=O)N1CCCC(O)C1)C(=O)O. The summed E-state index contributed by atoms with van der Waals surface area (Å²) in [4.78, 5) is 24.5. The van der Waals surface area contributed by atoms with Gasteiger partial charge in [0.05, 0.1) is 6.10 Å². The number of carbonyl (C=O) groups excluding carboxylic acids is 1. The molecule has 0 bridgehead atoms. The number of aliphatic hydroxyl groups is 1. The average molecular weight is 258 g/mol. The van der Waals surface area contributed by atoms with E-state index < -0.39 is 24.1 Å². The van der Waals surface area contributed by atoms with Gasteiger partial charge in [-0.25, -0.2) is 9.59 Å². The van der Waals surface area contributed by atoms with Crippen molar-refractivity contribution in [3.63, 3.8) is 0 Å². The van der Waals surface area contributed by atoms with E-state index in [1.165, 1.54) is 4.90 Å². The number of carboxylic acids is 1. The summed E-state index contributed by atoms with van der Waals surface area (Å²) in [7, 11) is 0. The first-order chi connectivity index (χ1) is 8.45. The molecular weight excluding hydrogens is 236 g/mol. The Morgan fingerprint density at radius 3 is 2.67 bits per heavy atom. The second kappa shape index (κ2) is 6.58. The number of aliphatic hydroxyl groups excluding tert-OH is 1. The molecule has 1 rings (SSSR count). The van der Waals surface area contributed by atoms with E-state index in [-0.39, 0.29) is 12.5 Å². The summed E-state index contributed by atoms with van der Waals surface area (Å²) >= 11 is 0. The number of aliphatic carboxylic acids is 1. The number of hydrogen-bond donors (Lipinski definition) is 3. The van der Waals surface area contributed by atoms with Crippen LogP contribution in [-0.2, 0) is 4.79 Å². The van der Waals surface area contributed by atoms with Crippen molar-refractivity contribution in [2.24, 2.45) is 5.92 Å². The van der Waals surface area contributed by atoms with Crippen LogP contribution in [0, 0.1) is 5.92 Å². The Hall–Kier alpha value is -1.30. The van der Waals surface area contributed by atoms with Gasteiger partial charge in [-0.1, -0.05) is 20.3 Å². The fourth-order valence-electron chi connectivity index (χ4n) is 2.05. The average Bonchev–Trinajstić information content (AvgIpc) is 2.34. The quantitative estimate of drug-likeness (QED) is 0.690. The number of carboxylic acid groups (broad SMARTS) is 1. The molecule has 0 aliphatic carbocycles. The molecule has 0 radical (unpaired) electrons. The third kappa shape index (κ3) is 3.87.